The van der Waals surface area contributed by atoms with E-state index in [9.17, 15) is 9.59 Å². The van der Waals surface area contributed by atoms with Crippen LogP contribution in [-0.4, -0.2) is 25.5 Å². The largest absolute Gasteiger partial charge is 0.398 e. The van der Waals surface area contributed by atoms with Crippen molar-refractivity contribution in [2.24, 2.45) is 0 Å². The molecule has 0 fully saturated rings. The molecule has 140 valence electrons. The number of benzene rings is 1. The molecule has 0 saturated heterocycles. The lowest BCUT2D eigenvalue weighted by Gasteiger charge is -2.18. The summed E-state index contributed by atoms with van der Waals surface area (Å²) >= 11 is 0. The number of amides is 1. The molecule has 3 aromatic rings. The fraction of sp³-hybridized carbons (Fsp3) is 0.368. The minimum atomic E-state index is -0.457. The first-order valence-electron chi connectivity index (χ1n) is 8.97. The molecule has 0 unspecified atom stereocenters. The zero-order chi connectivity index (χ0) is 19.5. The normalized spacial score (nSPS) is 13.2. The van der Waals surface area contributed by atoms with Crippen LogP contribution >= 0.6 is 0 Å². The van der Waals surface area contributed by atoms with Gasteiger partial charge in [-0.05, 0) is 69.2 Å². The predicted octanol–water partition coefficient (Wildman–Crippen LogP) is 1.97. The maximum Gasteiger partial charge on any atom is 0.295 e. The van der Waals surface area contributed by atoms with E-state index < -0.39 is 5.91 Å². The van der Waals surface area contributed by atoms with Crippen molar-refractivity contribution >= 4 is 23.1 Å². The summed E-state index contributed by atoms with van der Waals surface area (Å²) in [4.78, 5) is 32.7. The first-order valence-corrected chi connectivity index (χ1v) is 8.97. The highest BCUT2D eigenvalue weighted by Crippen LogP contribution is 2.32. The number of rotatable bonds is 2. The number of carbonyl (C=O) groups is 1. The number of hydrogen-bond donors (Lipinski definition) is 3. The zero-order valence-corrected chi connectivity index (χ0v) is 15.9. The van der Waals surface area contributed by atoms with Crippen molar-refractivity contribution in [2.75, 3.05) is 11.1 Å². The molecule has 4 rings (SSSR count). The second-order valence-corrected chi connectivity index (χ2v) is 7.15. The number of aromatic amines is 1. The van der Waals surface area contributed by atoms with Crippen LogP contribution in [0.4, 0.5) is 11.4 Å². The molecule has 1 amide bonds. The van der Waals surface area contributed by atoms with Crippen LogP contribution in [0.25, 0.3) is 5.78 Å². The van der Waals surface area contributed by atoms with Gasteiger partial charge in [-0.3, -0.25) is 9.59 Å². The number of nitrogens with zero attached hydrogens (tertiary/aromatic N) is 3. The van der Waals surface area contributed by atoms with Crippen molar-refractivity contribution < 1.29 is 4.79 Å². The highest BCUT2D eigenvalue weighted by Gasteiger charge is 2.22. The lowest BCUT2D eigenvalue weighted by atomic mass is 9.96. The molecule has 4 N–H and O–H groups in total. The Morgan fingerprint density at radius 1 is 1.11 bits per heavy atom. The van der Waals surface area contributed by atoms with E-state index >= 15 is 0 Å². The molecule has 0 saturated carbocycles. The maximum atomic E-state index is 12.8. The summed E-state index contributed by atoms with van der Waals surface area (Å²) in [5.74, 6) is -0.205. The van der Waals surface area contributed by atoms with Crippen molar-refractivity contribution in [3.05, 3.63) is 49.7 Å². The third-order valence-electron chi connectivity index (χ3n) is 5.66. The summed E-state index contributed by atoms with van der Waals surface area (Å²) in [6.45, 7) is 7.68. The average Bonchev–Trinajstić information content (AvgIpc) is 3.29. The van der Waals surface area contributed by atoms with Crippen LogP contribution in [0.3, 0.4) is 0 Å². The number of hydrogen-bond acceptors (Lipinski definition) is 5. The molecule has 2 heterocycles. The molecule has 2 aromatic heterocycles. The van der Waals surface area contributed by atoms with Gasteiger partial charge in [0.15, 0.2) is 0 Å². The Bertz CT molecular complexity index is 1140. The molecule has 1 aromatic carbocycles. The number of fused-ring (bicyclic) bond motifs is 2. The van der Waals surface area contributed by atoms with Crippen molar-refractivity contribution in [2.45, 2.75) is 47.0 Å². The van der Waals surface area contributed by atoms with E-state index in [4.69, 9.17) is 5.73 Å². The molecule has 0 atom stereocenters. The number of H-pyrrole nitrogens is 1. The standard InChI is InChI=1S/C19H22N6O2/c1-8-10(3)15(11(4)9(2)14(8)20)22-17(26)16-23-19-21-13-7-5-6-12(13)18(27)25(19)24-16/h5-7,20H2,1-4H3,(H,22,26)(H,21,23,24). The zero-order valence-electron chi connectivity index (χ0n) is 15.9. The van der Waals surface area contributed by atoms with Crippen LogP contribution < -0.4 is 16.6 Å². The quantitative estimate of drug-likeness (QED) is 0.599. The van der Waals surface area contributed by atoms with E-state index in [1.807, 2.05) is 27.7 Å². The van der Waals surface area contributed by atoms with Gasteiger partial charge in [0.05, 0.1) is 0 Å². The number of aromatic nitrogens is 4. The molecule has 8 nitrogen and oxygen atoms in total. The lowest BCUT2D eigenvalue weighted by molar-refractivity contribution is 0.101. The summed E-state index contributed by atoms with van der Waals surface area (Å²) in [6.07, 6.45) is 2.48. The second-order valence-electron chi connectivity index (χ2n) is 7.15. The number of anilines is 2. The van der Waals surface area contributed by atoms with Gasteiger partial charge in [-0.25, -0.2) is 0 Å². The van der Waals surface area contributed by atoms with E-state index in [0.717, 1.165) is 58.5 Å². The Kier molecular flexibility index (Phi) is 3.80. The minimum absolute atomic E-state index is 0.0436. The van der Waals surface area contributed by atoms with Gasteiger partial charge in [-0.15, -0.1) is 5.10 Å². The lowest BCUT2D eigenvalue weighted by Crippen LogP contribution is -2.21. The Hall–Kier alpha value is -3.16. The topological polar surface area (TPSA) is 118 Å². The first-order chi connectivity index (χ1) is 12.8. The van der Waals surface area contributed by atoms with E-state index in [1.54, 1.807) is 0 Å². The average molecular weight is 366 g/mol. The summed E-state index contributed by atoms with van der Waals surface area (Å²) in [6, 6.07) is 0. The Labute approximate surface area is 155 Å². The minimum Gasteiger partial charge on any atom is -0.398 e. The van der Waals surface area contributed by atoms with Gasteiger partial charge in [0, 0.05) is 22.6 Å². The van der Waals surface area contributed by atoms with Gasteiger partial charge >= 0.3 is 0 Å². The van der Waals surface area contributed by atoms with Gasteiger partial charge in [0.2, 0.25) is 11.6 Å². The molecular weight excluding hydrogens is 344 g/mol. The summed E-state index contributed by atoms with van der Waals surface area (Å²) in [5.41, 5.74) is 12.7. The highest BCUT2D eigenvalue weighted by molar-refractivity contribution is 6.03. The maximum absolute atomic E-state index is 12.8. The SMILES string of the molecule is Cc1c(C)c(NC(=O)c2nc3[nH]c4c(c(=O)n3n2)CCC4)c(C)c(C)c1N. The van der Waals surface area contributed by atoms with E-state index in [1.165, 1.54) is 4.52 Å². The molecule has 0 aliphatic heterocycles. The molecule has 1 aliphatic carbocycles. The van der Waals surface area contributed by atoms with Gasteiger partial charge in [0.1, 0.15) is 0 Å². The first kappa shape index (κ1) is 17.3. The molecule has 0 spiro atoms. The monoisotopic (exact) mass is 366 g/mol. The number of carbonyl (C=O) groups excluding carboxylic acids is 1. The molecular formula is C19H22N6O2. The van der Waals surface area contributed by atoms with Crippen LogP contribution in [0, 0.1) is 27.7 Å². The molecule has 8 heteroatoms. The fourth-order valence-corrected chi connectivity index (χ4v) is 3.71. The summed E-state index contributed by atoms with van der Waals surface area (Å²) < 4.78 is 1.18. The second kappa shape index (κ2) is 5.94. The van der Waals surface area contributed by atoms with Crippen LogP contribution in [0.1, 0.15) is 50.6 Å². The number of nitrogen functional groups attached to an aromatic ring is 1. The van der Waals surface area contributed by atoms with Gasteiger partial charge in [-0.1, -0.05) is 0 Å². The fourth-order valence-electron chi connectivity index (χ4n) is 3.71. The molecule has 0 radical (unpaired) electrons. The van der Waals surface area contributed by atoms with Crippen molar-refractivity contribution in [3.8, 4) is 0 Å². The predicted molar refractivity (Wildman–Crippen MR) is 103 cm³/mol. The van der Waals surface area contributed by atoms with Crippen LogP contribution in [-0.2, 0) is 12.8 Å². The van der Waals surface area contributed by atoms with Crippen molar-refractivity contribution in [1.29, 1.82) is 0 Å². The van der Waals surface area contributed by atoms with Crippen LogP contribution in [0.15, 0.2) is 4.79 Å². The third kappa shape index (κ3) is 2.51. The number of nitrogens with one attached hydrogen (secondary N) is 2. The molecule has 1 aliphatic rings. The van der Waals surface area contributed by atoms with E-state index in [-0.39, 0.29) is 11.4 Å². The van der Waals surface area contributed by atoms with E-state index in [0.29, 0.717) is 11.5 Å². The van der Waals surface area contributed by atoms with Gasteiger partial charge < -0.3 is 16.0 Å². The number of nitrogens with two attached hydrogens (primary N) is 1. The summed E-state index contributed by atoms with van der Waals surface area (Å²) in [7, 11) is 0. The Morgan fingerprint density at radius 3 is 2.44 bits per heavy atom. The van der Waals surface area contributed by atoms with E-state index in [2.05, 4.69) is 20.4 Å². The highest BCUT2D eigenvalue weighted by atomic mass is 16.2. The molecule has 27 heavy (non-hydrogen) atoms. The van der Waals surface area contributed by atoms with Gasteiger partial charge in [0.25, 0.3) is 11.5 Å². The van der Waals surface area contributed by atoms with Crippen LogP contribution in [0.2, 0.25) is 0 Å². The summed E-state index contributed by atoms with van der Waals surface area (Å²) in [5, 5.41) is 7.03. The third-order valence-corrected chi connectivity index (χ3v) is 5.66. The Morgan fingerprint density at radius 2 is 1.78 bits per heavy atom. The Balaban J connectivity index is 1.75. The molecule has 0 bridgehead atoms. The van der Waals surface area contributed by atoms with Crippen molar-refractivity contribution in [1.82, 2.24) is 19.6 Å². The van der Waals surface area contributed by atoms with Gasteiger partial charge in [-0.2, -0.15) is 9.50 Å². The van der Waals surface area contributed by atoms with Crippen molar-refractivity contribution in [3.63, 3.8) is 0 Å². The smallest absolute Gasteiger partial charge is 0.295 e. The van der Waals surface area contributed by atoms with Crippen LogP contribution in [0.5, 0.6) is 0 Å². The number of aryl methyl sites for hydroxylation is 1.